The van der Waals surface area contributed by atoms with Crippen LogP contribution in [0, 0.1) is 5.82 Å². The van der Waals surface area contributed by atoms with E-state index in [4.69, 9.17) is 23.2 Å². The lowest BCUT2D eigenvalue weighted by molar-refractivity contribution is -0.124. The lowest BCUT2D eigenvalue weighted by atomic mass is 9.60. The maximum atomic E-state index is 15.6. The van der Waals surface area contributed by atoms with Crippen LogP contribution >= 0.6 is 23.2 Å². The number of nitrogens with one attached hydrogen (secondary N) is 3. The highest BCUT2D eigenvalue weighted by Crippen LogP contribution is 2.59. The number of anilines is 1. The normalized spacial score (nSPS) is 31.3. The molecule has 2 amide bonds. The van der Waals surface area contributed by atoms with Gasteiger partial charge in [-0.25, -0.2) is 4.39 Å². The van der Waals surface area contributed by atoms with Gasteiger partial charge in [0.25, 0.3) is 0 Å². The van der Waals surface area contributed by atoms with Gasteiger partial charge in [0.2, 0.25) is 11.8 Å². The second kappa shape index (κ2) is 8.73. The van der Waals surface area contributed by atoms with Crippen LogP contribution in [0.3, 0.4) is 0 Å². The van der Waals surface area contributed by atoms with Gasteiger partial charge in [-0.1, -0.05) is 41.4 Å². The molecule has 2 heterocycles. The van der Waals surface area contributed by atoms with Gasteiger partial charge in [0.1, 0.15) is 11.2 Å². The standard InChI is InChI=1S/C26H28Cl2FN3O3/c1-25(2)26(17-11-6-13(27)12-19(17)31-24(26)35)20(16-4-3-5-18(28)21(16)29)22(32-25)23(34)30-14-7-9-15(33)10-8-14/h3-6,11-12,14-15,20,22,32-33H,7-10H2,1-2H3,(H,30,34)(H,31,35)/t14?,15?,20-,22+,26?/m0/s1. The molecule has 2 fully saturated rings. The predicted octanol–water partition coefficient (Wildman–Crippen LogP) is 4.28. The Kier molecular flexibility index (Phi) is 6.11. The Labute approximate surface area is 213 Å². The first kappa shape index (κ1) is 24.5. The van der Waals surface area contributed by atoms with Crippen molar-refractivity contribution in [3.63, 3.8) is 0 Å². The summed E-state index contributed by atoms with van der Waals surface area (Å²) in [6, 6.07) is 8.82. The van der Waals surface area contributed by atoms with E-state index in [1.807, 2.05) is 13.8 Å². The zero-order chi connectivity index (χ0) is 25.1. The van der Waals surface area contributed by atoms with Crippen LogP contribution in [0.15, 0.2) is 36.4 Å². The number of aliphatic hydroxyl groups excluding tert-OH is 1. The second-order valence-electron chi connectivity index (χ2n) is 10.3. The third-order valence-electron chi connectivity index (χ3n) is 7.96. The summed E-state index contributed by atoms with van der Waals surface area (Å²) in [5.74, 6) is -2.16. The third kappa shape index (κ3) is 3.75. The zero-order valence-electron chi connectivity index (χ0n) is 19.5. The Balaban J connectivity index is 1.65. The van der Waals surface area contributed by atoms with E-state index >= 15 is 4.39 Å². The van der Waals surface area contributed by atoms with Crippen molar-refractivity contribution in [2.24, 2.45) is 0 Å². The summed E-state index contributed by atoms with van der Waals surface area (Å²) < 4.78 is 15.6. The molecule has 5 rings (SSSR count). The highest BCUT2D eigenvalue weighted by atomic mass is 35.5. The number of hydrogen-bond donors (Lipinski definition) is 4. The molecule has 0 bridgehead atoms. The number of hydrogen-bond acceptors (Lipinski definition) is 4. The predicted molar refractivity (Wildman–Crippen MR) is 133 cm³/mol. The molecule has 9 heteroatoms. The molecule has 1 spiro atoms. The molecule has 2 aliphatic heterocycles. The number of carbonyl (C=O) groups excluding carboxylic acids is 2. The van der Waals surface area contributed by atoms with Gasteiger partial charge in [0.15, 0.2) is 0 Å². The summed E-state index contributed by atoms with van der Waals surface area (Å²) in [6.45, 7) is 3.71. The van der Waals surface area contributed by atoms with Crippen molar-refractivity contribution in [1.29, 1.82) is 0 Å². The Morgan fingerprint density at radius 3 is 2.57 bits per heavy atom. The van der Waals surface area contributed by atoms with Crippen molar-refractivity contribution in [1.82, 2.24) is 10.6 Å². The molecular formula is C26H28Cl2FN3O3. The van der Waals surface area contributed by atoms with Gasteiger partial charge in [-0.3, -0.25) is 14.9 Å². The molecule has 1 saturated carbocycles. The Morgan fingerprint density at radius 1 is 1.14 bits per heavy atom. The minimum Gasteiger partial charge on any atom is -0.393 e. The highest BCUT2D eigenvalue weighted by molar-refractivity contribution is 6.31. The summed E-state index contributed by atoms with van der Waals surface area (Å²) in [5.41, 5.74) is -0.825. The molecule has 186 valence electrons. The van der Waals surface area contributed by atoms with Crippen LogP contribution < -0.4 is 16.0 Å². The van der Waals surface area contributed by atoms with Crippen LogP contribution in [0.1, 0.15) is 56.6 Å². The first-order valence-corrected chi connectivity index (χ1v) is 12.6. The molecule has 1 unspecified atom stereocenters. The molecule has 4 N–H and O–H groups in total. The topological polar surface area (TPSA) is 90.5 Å². The van der Waals surface area contributed by atoms with Crippen molar-refractivity contribution < 1.29 is 19.1 Å². The molecule has 1 aliphatic carbocycles. The van der Waals surface area contributed by atoms with Gasteiger partial charge in [-0.05, 0) is 68.9 Å². The van der Waals surface area contributed by atoms with Gasteiger partial charge >= 0.3 is 0 Å². The third-order valence-corrected chi connectivity index (χ3v) is 8.48. The molecule has 1 saturated heterocycles. The first-order chi connectivity index (χ1) is 16.6. The summed E-state index contributed by atoms with van der Waals surface area (Å²) in [4.78, 5) is 27.6. The number of halogens is 3. The van der Waals surface area contributed by atoms with E-state index in [0.717, 1.165) is 0 Å². The van der Waals surface area contributed by atoms with E-state index in [1.165, 1.54) is 6.07 Å². The van der Waals surface area contributed by atoms with E-state index in [0.29, 0.717) is 42.0 Å². The molecule has 35 heavy (non-hydrogen) atoms. The number of fused-ring (bicyclic) bond motifs is 2. The van der Waals surface area contributed by atoms with Crippen LogP contribution in [-0.4, -0.2) is 40.6 Å². The lowest BCUT2D eigenvalue weighted by Crippen LogP contribution is -2.55. The number of rotatable bonds is 3. The van der Waals surface area contributed by atoms with E-state index in [-0.39, 0.29) is 34.5 Å². The largest absolute Gasteiger partial charge is 0.393 e. The fraction of sp³-hybridized carbons (Fsp3) is 0.462. The van der Waals surface area contributed by atoms with Gasteiger partial charge in [0.05, 0.1) is 17.2 Å². The number of aliphatic hydroxyl groups is 1. The molecule has 2 aromatic carbocycles. The Bertz CT molecular complexity index is 1200. The summed E-state index contributed by atoms with van der Waals surface area (Å²) in [7, 11) is 0. The summed E-state index contributed by atoms with van der Waals surface area (Å²) in [5, 5.41) is 19.6. The minimum absolute atomic E-state index is 0.0717. The smallest absolute Gasteiger partial charge is 0.238 e. The van der Waals surface area contributed by atoms with Crippen molar-refractivity contribution in [2.75, 3.05) is 5.32 Å². The van der Waals surface area contributed by atoms with Crippen LogP contribution in [0.4, 0.5) is 10.1 Å². The van der Waals surface area contributed by atoms with Crippen LogP contribution in [0.25, 0.3) is 0 Å². The average molecular weight is 520 g/mol. The van der Waals surface area contributed by atoms with Crippen LogP contribution in [-0.2, 0) is 15.0 Å². The quantitative estimate of drug-likeness (QED) is 0.487. The molecule has 2 aromatic rings. The van der Waals surface area contributed by atoms with Gasteiger partial charge in [-0.2, -0.15) is 0 Å². The molecular weight excluding hydrogens is 492 g/mol. The molecule has 3 atom stereocenters. The molecule has 6 nitrogen and oxygen atoms in total. The van der Waals surface area contributed by atoms with Crippen LogP contribution in [0.5, 0.6) is 0 Å². The molecule has 0 aromatic heterocycles. The van der Waals surface area contributed by atoms with Crippen molar-refractivity contribution in [3.8, 4) is 0 Å². The summed E-state index contributed by atoms with van der Waals surface area (Å²) >= 11 is 12.4. The van der Waals surface area contributed by atoms with Gasteiger partial charge in [-0.15, -0.1) is 0 Å². The second-order valence-corrected chi connectivity index (χ2v) is 11.2. The Morgan fingerprint density at radius 2 is 1.86 bits per heavy atom. The fourth-order valence-electron chi connectivity index (χ4n) is 6.36. The average Bonchev–Trinajstić information content (AvgIpc) is 3.23. The van der Waals surface area contributed by atoms with E-state index < -0.39 is 28.7 Å². The van der Waals surface area contributed by atoms with E-state index in [9.17, 15) is 14.7 Å². The lowest BCUT2D eigenvalue weighted by Gasteiger charge is -2.40. The zero-order valence-corrected chi connectivity index (χ0v) is 21.0. The van der Waals surface area contributed by atoms with Crippen LogP contribution in [0.2, 0.25) is 10.0 Å². The maximum absolute atomic E-state index is 15.6. The number of carbonyl (C=O) groups is 2. The highest BCUT2D eigenvalue weighted by Gasteiger charge is 2.69. The Hall–Kier alpha value is -2.19. The van der Waals surface area contributed by atoms with Crippen molar-refractivity contribution in [3.05, 3.63) is 63.4 Å². The van der Waals surface area contributed by atoms with Gasteiger partial charge in [0, 0.05) is 28.2 Å². The molecule has 3 aliphatic rings. The minimum atomic E-state index is -1.30. The maximum Gasteiger partial charge on any atom is 0.238 e. The number of benzene rings is 2. The van der Waals surface area contributed by atoms with Crippen molar-refractivity contribution >= 4 is 40.7 Å². The fourth-order valence-corrected chi connectivity index (χ4v) is 6.72. The monoisotopic (exact) mass is 519 g/mol. The first-order valence-electron chi connectivity index (χ1n) is 11.9. The summed E-state index contributed by atoms with van der Waals surface area (Å²) in [6.07, 6.45) is 2.19. The van der Waals surface area contributed by atoms with Crippen molar-refractivity contribution in [2.45, 2.75) is 74.6 Å². The SMILES string of the molecule is CC1(C)N[C@@H](C(=O)NC2CCC(O)CC2)[C@H](c2cccc(Cl)c2F)C12C(=O)Nc1cc(Cl)ccc12. The number of amides is 2. The molecule has 0 radical (unpaired) electrons. The van der Waals surface area contributed by atoms with Gasteiger partial charge < -0.3 is 15.7 Å². The van der Waals surface area contributed by atoms with E-state index in [2.05, 4.69) is 16.0 Å². The van der Waals surface area contributed by atoms with E-state index in [1.54, 1.807) is 30.3 Å².